The van der Waals surface area contributed by atoms with Crippen LogP contribution in [0.3, 0.4) is 0 Å². The normalized spacial score (nSPS) is 11.8. The molecular weight excluding hydrogens is 164 g/mol. The number of H-pyrrole nitrogens is 1. The summed E-state index contributed by atoms with van der Waals surface area (Å²) in [6, 6.07) is 0. The van der Waals surface area contributed by atoms with Crippen molar-refractivity contribution >= 4 is 5.97 Å². The molecule has 0 aromatic carbocycles. The highest BCUT2D eigenvalue weighted by Crippen LogP contribution is 1.97. The Morgan fingerprint density at radius 1 is 1.75 bits per heavy atom. The average molecular weight is 174 g/mol. The van der Waals surface area contributed by atoms with Gasteiger partial charge in [0.25, 0.3) is 0 Å². The minimum Gasteiger partial charge on any atom is -0.479 e. The largest absolute Gasteiger partial charge is 0.479 e. The van der Waals surface area contributed by atoms with Crippen molar-refractivity contribution in [2.45, 2.75) is 12.5 Å². The van der Waals surface area contributed by atoms with Crippen LogP contribution in [0.1, 0.15) is 5.69 Å². The van der Waals surface area contributed by atoms with Crippen molar-refractivity contribution in [2.24, 2.45) is 0 Å². The number of imidazole rings is 1. The smallest absolute Gasteiger partial charge is 0.332 e. The molecular formula is C6H10N2O4. The number of aliphatic carboxylic acids is 1. The van der Waals surface area contributed by atoms with Crippen LogP contribution in [0.5, 0.6) is 0 Å². The highest BCUT2D eigenvalue weighted by atomic mass is 16.4. The van der Waals surface area contributed by atoms with Gasteiger partial charge >= 0.3 is 5.97 Å². The molecule has 1 heterocycles. The number of nitrogens with one attached hydrogen (secondary N) is 1. The third kappa shape index (κ3) is 2.69. The Morgan fingerprint density at radius 3 is 2.83 bits per heavy atom. The molecule has 0 radical (unpaired) electrons. The van der Waals surface area contributed by atoms with Gasteiger partial charge in [0.1, 0.15) is 0 Å². The minimum absolute atomic E-state index is 0. The van der Waals surface area contributed by atoms with Gasteiger partial charge in [-0.25, -0.2) is 9.78 Å². The minimum atomic E-state index is -1.35. The molecule has 0 aliphatic heterocycles. The van der Waals surface area contributed by atoms with E-state index >= 15 is 0 Å². The number of rotatable bonds is 3. The molecule has 1 aromatic heterocycles. The molecule has 0 unspecified atom stereocenters. The summed E-state index contributed by atoms with van der Waals surface area (Å²) >= 11 is 0. The molecule has 68 valence electrons. The summed E-state index contributed by atoms with van der Waals surface area (Å²) in [6.07, 6.45) is 1.63. The van der Waals surface area contributed by atoms with Crippen LogP contribution in [-0.2, 0) is 11.2 Å². The van der Waals surface area contributed by atoms with Crippen molar-refractivity contribution < 1.29 is 20.5 Å². The first-order chi connectivity index (χ1) is 5.20. The molecule has 12 heavy (non-hydrogen) atoms. The topological polar surface area (TPSA) is 118 Å². The average Bonchev–Trinajstić information content (AvgIpc) is 2.39. The molecule has 6 nitrogen and oxygen atoms in total. The van der Waals surface area contributed by atoms with Crippen molar-refractivity contribution in [3.63, 3.8) is 0 Å². The fourth-order valence-electron chi connectivity index (χ4n) is 0.692. The molecule has 0 saturated heterocycles. The van der Waals surface area contributed by atoms with E-state index in [4.69, 9.17) is 10.2 Å². The fraction of sp³-hybridized carbons (Fsp3) is 0.333. The molecule has 0 saturated carbocycles. The van der Waals surface area contributed by atoms with E-state index in [2.05, 4.69) is 9.97 Å². The Hall–Kier alpha value is -1.40. The van der Waals surface area contributed by atoms with Gasteiger partial charge in [-0.05, 0) is 0 Å². The fourth-order valence-corrected chi connectivity index (χ4v) is 0.692. The summed E-state index contributed by atoms with van der Waals surface area (Å²) in [4.78, 5) is 16.5. The number of aliphatic hydroxyl groups is 1. The zero-order valence-electron chi connectivity index (χ0n) is 6.19. The van der Waals surface area contributed by atoms with Crippen LogP contribution in [0.25, 0.3) is 0 Å². The maximum atomic E-state index is 10.1. The molecule has 0 aliphatic carbocycles. The molecule has 1 rings (SSSR count). The highest BCUT2D eigenvalue weighted by Gasteiger charge is 2.13. The lowest BCUT2D eigenvalue weighted by Crippen LogP contribution is -2.22. The Kier molecular flexibility index (Phi) is 3.95. The van der Waals surface area contributed by atoms with Crippen LogP contribution in [0.2, 0.25) is 0 Å². The summed E-state index contributed by atoms with van der Waals surface area (Å²) in [6.45, 7) is 0. The zero-order valence-corrected chi connectivity index (χ0v) is 6.19. The summed E-state index contributed by atoms with van der Waals surface area (Å²) in [5, 5.41) is 17.1. The molecule has 5 N–H and O–H groups in total. The summed E-state index contributed by atoms with van der Waals surface area (Å²) in [7, 11) is 0. The van der Waals surface area contributed by atoms with Gasteiger partial charge in [-0.3, -0.25) is 0 Å². The first-order valence-electron chi connectivity index (χ1n) is 3.08. The van der Waals surface area contributed by atoms with Gasteiger partial charge in [-0.1, -0.05) is 0 Å². The highest BCUT2D eigenvalue weighted by molar-refractivity contribution is 5.72. The van der Waals surface area contributed by atoms with Crippen LogP contribution < -0.4 is 0 Å². The van der Waals surface area contributed by atoms with Gasteiger partial charge in [0.2, 0.25) is 0 Å². The number of carbonyl (C=O) groups is 1. The Morgan fingerprint density at radius 2 is 2.42 bits per heavy atom. The number of hydrogen-bond donors (Lipinski definition) is 3. The quantitative estimate of drug-likeness (QED) is 0.520. The first-order valence-corrected chi connectivity index (χ1v) is 3.08. The van der Waals surface area contributed by atoms with E-state index in [0.29, 0.717) is 5.69 Å². The van der Waals surface area contributed by atoms with Crippen LogP contribution >= 0.6 is 0 Å². The summed E-state index contributed by atoms with van der Waals surface area (Å²) in [5.74, 6) is -1.22. The van der Waals surface area contributed by atoms with Crippen LogP contribution in [-0.4, -0.2) is 37.7 Å². The van der Waals surface area contributed by atoms with E-state index in [-0.39, 0.29) is 11.9 Å². The van der Waals surface area contributed by atoms with Crippen LogP contribution in [0.15, 0.2) is 12.5 Å². The Bertz CT molecular complexity index is 234. The van der Waals surface area contributed by atoms with Gasteiger partial charge in [0, 0.05) is 18.3 Å². The lowest BCUT2D eigenvalue weighted by atomic mass is 10.2. The maximum absolute atomic E-state index is 10.1. The van der Waals surface area contributed by atoms with Gasteiger partial charge in [-0.2, -0.15) is 0 Å². The standard InChI is InChI=1S/C6H8N2O3.H2O/c9-5(6(10)11)1-4-2-7-3-8-4;/h2-3,5,9H,1H2,(H,7,8)(H,10,11);1H2/t5-;/m1./s1. The van der Waals surface area contributed by atoms with E-state index in [1.54, 1.807) is 0 Å². The Labute approximate surface area is 68.2 Å². The van der Waals surface area contributed by atoms with Gasteiger partial charge < -0.3 is 20.7 Å². The zero-order chi connectivity index (χ0) is 8.27. The number of nitrogens with zero attached hydrogens (tertiary/aromatic N) is 1. The molecule has 0 bridgehead atoms. The molecule has 0 spiro atoms. The van der Waals surface area contributed by atoms with Crippen molar-refractivity contribution in [1.82, 2.24) is 9.97 Å². The Balaban J connectivity index is 0.00000121. The van der Waals surface area contributed by atoms with E-state index in [0.717, 1.165) is 0 Å². The van der Waals surface area contributed by atoms with E-state index in [1.165, 1.54) is 12.5 Å². The van der Waals surface area contributed by atoms with Crippen LogP contribution in [0.4, 0.5) is 0 Å². The molecule has 0 amide bonds. The second-order valence-corrected chi connectivity index (χ2v) is 2.14. The van der Waals surface area contributed by atoms with Crippen molar-refractivity contribution in [3.05, 3.63) is 18.2 Å². The third-order valence-corrected chi connectivity index (χ3v) is 1.25. The number of aliphatic hydroxyl groups excluding tert-OH is 1. The second-order valence-electron chi connectivity index (χ2n) is 2.14. The molecule has 6 heteroatoms. The number of carboxylic acid groups (broad SMARTS) is 1. The number of hydrogen-bond acceptors (Lipinski definition) is 3. The SMILES string of the molecule is O.O=C(O)[C@H](O)Cc1cnc[nH]1. The maximum Gasteiger partial charge on any atom is 0.332 e. The molecule has 0 fully saturated rings. The number of aromatic nitrogens is 2. The van der Waals surface area contributed by atoms with Crippen LogP contribution in [0, 0.1) is 0 Å². The third-order valence-electron chi connectivity index (χ3n) is 1.25. The second kappa shape index (κ2) is 4.47. The van der Waals surface area contributed by atoms with Gasteiger partial charge in [-0.15, -0.1) is 0 Å². The predicted molar refractivity (Wildman–Crippen MR) is 39.5 cm³/mol. The van der Waals surface area contributed by atoms with Crippen molar-refractivity contribution in [2.75, 3.05) is 0 Å². The molecule has 1 atom stereocenters. The monoisotopic (exact) mass is 174 g/mol. The first kappa shape index (κ1) is 10.6. The molecule has 1 aromatic rings. The molecule has 0 aliphatic rings. The van der Waals surface area contributed by atoms with Crippen molar-refractivity contribution in [3.8, 4) is 0 Å². The van der Waals surface area contributed by atoms with Gasteiger partial charge in [0.15, 0.2) is 6.10 Å². The predicted octanol–water partition coefficient (Wildman–Crippen LogP) is -1.43. The number of carboxylic acids is 1. The van der Waals surface area contributed by atoms with Crippen molar-refractivity contribution in [1.29, 1.82) is 0 Å². The summed E-state index contributed by atoms with van der Waals surface area (Å²) < 4.78 is 0. The number of aromatic amines is 1. The lowest BCUT2D eigenvalue weighted by molar-refractivity contribution is -0.146. The van der Waals surface area contributed by atoms with E-state index in [1.807, 2.05) is 0 Å². The van der Waals surface area contributed by atoms with Gasteiger partial charge in [0.05, 0.1) is 6.33 Å². The summed E-state index contributed by atoms with van der Waals surface area (Å²) in [5.41, 5.74) is 0.611. The lowest BCUT2D eigenvalue weighted by Gasteiger charge is -2.00. The van der Waals surface area contributed by atoms with E-state index in [9.17, 15) is 4.79 Å². The van der Waals surface area contributed by atoms with E-state index < -0.39 is 12.1 Å².